The first-order valence-corrected chi connectivity index (χ1v) is 9.15. The lowest BCUT2D eigenvalue weighted by Gasteiger charge is -2.29. The Bertz CT molecular complexity index is 667. The molecule has 0 bridgehead atoms. The Morgan fingerprint density at radius 2 is 1.96 bits per heavy atom. The number of halogens is 1. The van der Waals surface area contributed by atoms with E-state index < -0.39 is 0 Å². The second-order valence-electron chi connectivity index (χ2n) is 7.46. The van der Waals surface area contributed by atoms with E-state index in [2.05, 4.69) is 20.9 Å². The van der Waals surface area contributed by atoms with Gasteiger partial charge in [-0.05, 0) is 38.5 Å². The summed E-state index contributed by atoms with van der Waals surface area (Å²) in [5, 5.41) is 8.91. The molecule has 1 aromatic carbocycles. The average molecular weight is 379 g/mol. The van der Waals surface area contributed by atoms with Gasteiger partial charge in [0.15, 0.2) is 5.96 Å². The van der Waals surface area contributed by atoms with Gasteiger partial charge in [-0.15, -0.1) is 0 Å². The van der Waals surface area contributed by atoms with E-state index >= 15 is 0 Å². The molecule has 0 aromatic heterocycles. The first kappa shape index (κ1) is 21.0. The van der Waals surface area contributed by atoms with Crippen LogP contribution in [-0.4, -0.2) is 57.3 Å². The maximum Gasteiger partial charge on any atom is 0.239 e. The Kier molecular flexibility index (Phi) is 7.41. The van der Waals surface area contributed by atoms with Crippen molar-refractivity contribution in [2.45, 2.75) is 32.9 Å². The highest BCUT2D eigenvalue weighted by molar-refractivity contribution is 5.86. The fourth-order valence-corrected chi connectivity index (χ4v) is 2.75. The summed E-state index contributed by atoms with van der Waals surface area (Å²) in [7, 11) is 1.62. The van der Waals surface area contributed by atoms with Crippen LogP contribution in [-0.2, 0) is 16.1 Å². The lowest BCUT2D eigenvalue weighted by Crippen LogP contribution is -2.48. The van der Waals surface area contributed by atoms with Gasteiger partial charge in [0.25, 0.3) is 0 Å². The van der Waals surface area contributed by atoms with Crippen LogP contribution in [0.3, 0.4) is 0 Å². The van der Waals surface area contributed by atoms with Crippen LogP contribution in [0.2, 0.25) is 0 Å². The zero-order valence-electron chi connectivity index (χ0n) is 16.6. The molecule has 1 amide bonds. The number of hydrogen-bond acceptors (Lipinski definition) is 4. The van der Waals surface area contributed by atoms with Crippen LogP contribution in [0.5, 0.6) is 0 Å². The lowest BCUT2D eigenvalue weighted by molar-refractivity contribution is -0.121. The molecular weight excluding hydrogens is 349 g/mol. The minimum absolute atomic E-state index is 0.112. The summed E-state index contributed by atoms with van der Waals surface area (Å²) in [6, 6.07) is 5.21. The van der Waals surface area contributed by atoms with Crippen molar-refractivity contribution in [1.29, 1.82) is 0 Å². The van der Waals surface area contributed by atoms with E-state index in [1.54, 1.807) is 13.1 Å². The molecule has 0 unspecified atom stereocenters. The number of nitrogens with one attached hydrogen (secondary N) is 3. The van der Waals surface area contributed by atoms with Crippen LogP contribution in [0, 0.1) is 5.82 Å². The van der Waals surface area contributed by atoms with Crippen LogP contribution in [0.25, 0.3) is 0 Å². The highest BCUT2D eigenvalue weighted by Crippen LogP contribution is 2.21. The second-order valence-corrected chi connectivity index (χ2v) is 7.46. The number of ether oxygens (including phenoxy) is 1. The summed E-state index contributed by atoms with van der Waals surface area (Å²) >= 11 is 0. The number of rotatable bonds is 5. The topological polar surface area (TPSA) is 78.0 Å². The van der Waals surface area contributed by atoms with E-state index in [9.17, 15) is 9.18 Å². The van der Waals surface area contributed by atoms with Crippen LogP contribution in [0.1, 0.15) is 26.3 Å². The number of hydrogen-bond donors (Lipinski definition) is 3. The van der Waals surface area contributed by atoms with Gasteiger partial charge in [-0.3, -0.25) is 9.79 Å². The van der Waals surface area contributed by atoms with Crippen molar-refractivity contribution in [3.63, 3.8) is 0 Å². The summed E-state index contributed by atoms with van der Waals surface area (Å²) < 4.78 is 19.7. The van der Waals surface area contributed by atoms with Gasteiger partial charge in [0, 0.05) is 32.2 Å². The third-order valence-corrected chi connectivity index (χ3v) is 3.98. The number of carbonyl (C=O) groups is 1. The normalized spacial score (nSPS) is 15.4. The molecule has 0 atom stereocenters. The molecule has 0 aliphatic carbocycles. The summed E-state index contributed by atoms with van der Waals surface area (Å²) in [5.74, 6) is 0.117. The molecule has 1 heterocycles. The monoisotopic (exact) mass is 379 g/mol. The number of carbonyl (C=O) groups excluding carboxylic acids is 1. The SMILES string of the molecule is CN=C(NCC(=O)NC(C)(C)C)NCc1ccc(N2CCOCC2)c(F)c1. The second kappa shape index (κ2) is 9.55. The summed E-state index contributed by atoms with van der Waals surface area (Å²) in [5.41, 5.74) is 1.12. The fraction of sp³-hybridized carbons (Fsp3) is 0.579. The van der Waals surface area contributed by atoms with Crippen molar-refractivity contribution in [1.82, 2.24) is 16.0 Å². The van der Waals surface area contributed by atoms with Crippen molar-refractivity contribution in [2.24, 2.45) is 4.99 Å². The van der Waals surface area contributed by atoms with Gasteiger partial charge >= 0.3 is 0 Å². The minimum Gasteiger partial charge on any atom is -0.378 e. The van der Waals surface area contributed by atoms with Gasteiger partial charge in [0.1, 0.15) is 5.82 Å². The van der Waals surface area contributed by atoms with Gasteiger partial charge in [-0.25, -0.2) is 4.39 Å². The predicted octanol–water partition coefficient (Wildman–Crippen LogP) is 1.24. The molecule has 3 N–H and O–H groups in total. The minimum atomic E-state index is -0.282. The average Bonchev–Trinajstić information content (AvgIpc) is 2.61. The predicted molar refractivity (Wildman–Crippen MR) is 106 cm³/mol. The van der Waals surface area contributed by atoms with Crippen molar-refractivity contribution in [3.05, 3.63) is 29.6 Å². The van der Waals surface area contributed by atoms with E-state index in [1.807, 2.05) is 31.7 Å². The Hall–Kier alpha value is -2.35. The molecule has 0 radical (unpaired) electrons. The Morgan fingerprint density at radius 1 is 1.26 bits per heavy atom. The zero-order chi connectivity index (χ0) is 19.9. The maximum absolute atomic E-state index is 14.4. The van der Waals surface area contributed by atoms with Crippen molar-refractivity contribution in [2.75, 3.05) is 44.8 Å². The molecule has 1 aliphatic rings. The van der Waals surface area contributed by atoms with E-state index in [4.69, 9.17) is 4.74 Å². The highest BCUT2D eigenvalue weighted by Gasteiger charge is 2.16. The van der Waals surface area contributed by atoms with Crippen LogP contribution < -0.4 is 20.9 Å². The molecule has 0 spiro atoms. The summed E-state index contributed by atoms with van der Waals surface area (Å²) in [6.07, 6.45) is 0. The molecule has 7 nitrogen and oxygen atoms in total. The van der Waals surface area contributed by atoms with Gasteiger partial charge in [-0.1, -0.05) is 6.07 Å². The Labute approximate surface area is 160 Å². The van der Waals surface area contributed by atoms with Crippen LogP contribution in [0.4, 0.5) is 10.1 Å². The Balaban J connectivity index is 1.85. The standard InChI is InChI=1S/C19H30FN5O2/c1-19(2,3)24-17(26)13-23-18(21-4)22-12-14-5-6-16(15(20)11-14)25-7-9-27-10-8-25/h5-6,11H,7-10,12-13H2,1-4H3,(H,24,26)(H2,21,22,23). The molecule has 0 saturated carbocycles. The molecule has 8 heteroatoms. The summed E-state index contributed by atoms with van der Waals surface area (Å²) in [6.45, 7) is 8.92. The molecule has 1 saturated heterocycles. The molecular formula is C19H30FN5O2. The Morgan fingerprint density at radius 3 is 2.56 bits per heavy atom. The van der Waals surface area contributed by atoms with Crippen LogP contribution >= 0.6 is 0 Å². The van der Waals surface area contributed by atoms with Gasteiger partial charge in [-0.2, -0.15) is 0 Å². The zero-order valence-corrected chi connectivity index (χ0v) is 16.6. The van der Waals surface area contributed by atoms with Crippen molar-refractivity contribution < 1.29 is 13.9 Å². The van der Waals surface area contributed by atoms with E-state index in [1.165, 1.54) is 6.07 Å². The highest BCUT2D eigenvalue weighted by atomic mass is 19.1. The van der Waals surface area contributed by atoms with Crippen molar-refractivity contribution >= 4 is 17.6 Å². The van der Waals surface area contributed by atoms with E-state index in [0.717, 1.165) is 5.56 Å². The first-order valence-electron chi connectivity index (χ1n) is 9.15. The van der Waals surface area contributed by atoms with Gasteiger partial charge in [0.05, 0.1) is 25.4 Å². The fourth-order valence-electron chi connectivity index (χ4n) is 2.75. The molecule has 150 valence electrons. The number of morpholine rings is 1. The largest absolute Gasteiger partial charge is 0.378 e. The third-order valence-electron chi connectivity index (χ3n) is 3.98. The summed E-state index contributed by atoms with van der Waals surface area (Å²) in [4.78, 5) is 17.9. The van der Waals surface area contributed by atoms with Gasteiger partial charge in [0.2, 0.25) is 5.91 Å². The number of nitrogens with zero attached hydrogens (tertiary/aromatic N) is 2. The molecule has 1 aliphatic heterocycles. The smallest absolute Gasteiger partial charge is 0.239 e. The van der Waals surface area contributed by atoms with E-state index in [-0.39, 0.29) is 23.8 Å². The van der Waals surface area contributed by atoms with Crippen LogP contribution in [0.15, 0.2) is 23.2 Å². The number of anilines is 1. The van der Waals surface area contributed by atoms with E-state index in [0.29, 0.717) is 44.5 Å². The molecule has 2 rings (SSSR count). The van der Waals surface area contributed by atoms with Crippen molar-refractivity contribution in [3.8, 4) is 0 Å². The number of benzene rings is 1. The molecule has 27 heavy (non-hydrogen) atoms. The third kappa shape index (κ3) is 7.05. The number of guanidine groups is 1. The number of aliphatic imine (C=N–C) groups is 1. The number of amides is 1. The molecule has 1 fully saturated rings. The first-order chi connectivity index (χ1) is 12.8. The maximum atomic E-state index is 14.4. The molecule has 1 aromatic rings. The quantitative estimate of drug-likeness (QED) is 0.530. The van der Waals surface area contributed by atoms with Gasteiger partial charge < -0.3 is 25.6 Å². The lowest BCUT2D eigenvalue weighted by atomic mass is 10.1.